The Bertz CT molecular complexity index is 225. The van der Waals surface area contributed by atoms with E-state index in [9.17, 15) is 4.79 Å². The van der Waals surface area contributed by atoms with Crippen LogP contribution in [0, 0.1) is 5.92 Å². The Morgan fingerprint density at radius 1 is 1.50 bits per heavy atom. The summed E-state index contributed by atoms with van der Waals surface area (Å²) in [5.74, 6) is -0.195. The van der Waals surface area contributed by atoms with E-state index in [4.69, 9.17) is 9.47 Å². The van der Waals surface area contributed by atoms with E-state index in [1.165, 1.54) is 6.08 Å². The third kappa shape index (κ3) is 4.79. The van der Waals surface area contributed by atoms with Gasteiger partial charge in [-0.2, -0.15) is 0 Å². The molecule has 0 aliphatic heterocycles. The number of hydrogen-bond donors (Lipinski definition) is 0. The molecule has 0 radical (unpaired) electrons. The second-order valence-electron chi connectivity index (χ2n) is 4.27. The molecule has 2 unspecified atom stereocenters. The highest BCUT2D eigenvalue weighted by molar-refractivity contribution is 5.81. The van der Waals surface area contributed by atoms with Gasteiger partial charge in [-0.1, -0.05) is 27.4 Å². The molecule has 0 heterocycles. The molecule has 0 aromatic heterocycles. The Morgan fingerprint density at radius 3 is 2.56 bits per heavy atom. The van der Waals surface area contributed by atoms with Crippen LogP contribution in [0.5, 0.6) is 0 Å². The van der Waals surface area contributed by atoms with Gasteiger partial charge < -0.3 is 9.47 Å². The lowest BCUT2D eigenvalue weighted by atomic mass is 9.88. The Balaban J connectivity index is 4.30. The largest absolute Gasteiger partial charge is 0.456 e. The molecule has 0 aromatic rings. The van der Waals surface area contributed by atoms with Gasteiger partial charge in [-0.15, -0.1) is 0 Å². The van der Waals surface area contributed by atoms with Gasteiger partial charge >= 0.3 is 5.97 Å². The zero-order valence-corrected chi connectivity index (χ0v) is 10.9. The van der Waals surface area contributed by atoms with Gasteiger partial charge in [-0.3, -0.25) is 0 Å². The van der Waals surface area contributed by atoms with Gasteiger partial charge in [-0.25, -0.2) is 4.79 Å². The van der Waals surface area contributed by atoms with Gasteiger partial charge in [0.1, 0.15) is 5.60 Å². The minimum absolute atomic E-state index is 0.174. The molecule has 0 aromatic carbocycles. The lowest BCUT2D eigenvalue weighted by Crippen LogP contribution is -2.39. The SMILES string of the molecule is C=CC(=O)OC(C)(CC)C(C)COCCC. The molecule has 16 heavy (non-hydrogen) atoms. The second-order valence-corrected chi connectivity index (χ2v) is 4.27. The van der Waals surface area contributed by atoms with Crippen molar-refractivity contribution in [2.75, 3.05) is 13.2 Å². The normalized spacial score (nSPS) is 16.2. The summed E-state index contributed by atoms with van der Waals surface area (Å²) < 4.78 is 10.9. The number of esters is 1. The zero-order chi connectivity index (χ0) is 12.6. The van der Waals surface area contributed by atoms with Crippen molar-refractivity contribution in [3.63, 3.8) is 0 Å². The quantitative estimate of drug-likeness (QED) is 0.364. The first-order valence-electron chi connectivity index (χ1n) is 5.93. The molecule has 0 amide bonds. The smallest absolute Gasteiger partial charge is 0.330 e. The fourth-order valence-electron chi connectivity index (χ4n) is 1.37. The van der Waals surface area contributed by atoms with Gasteiger partial charge in [0.2, 0.25) is 0 Å². The number of hydrogen-bond acceptors (Lipinski definition) is 3. The van der Waals surface area contributed by atoms with Crippen molar-refractivity contribution in [3.05, 3.63) is 12.7 Å². The topological polar surface area (TPSA) is 35.5 Å². The molecule has 0 fully saturated rings. The molecule has 0 bridgehead atoms. The van der Waals surface area contributed by atoms with Gasteiger partial charge in [0.25, 0.3) is 0 Å². The Kier molecular flexibility index (Phi) is 7.06. The summed E-state index contributed by atoms with van der Waals surface area (Å²) in [7, 11) is 0. The minimum atomic E-state index is -0.473. The Hall–Kier alpha value is -0.830. The summed E-state index contributed by atoms with van der Waals surface area (Å²) in [6.07, 6.45) is 2.97. The molecule has 3 heteroatoms. The van der Waals surface area contributed by atoms with E-state index >= 15 is 0 Å². The fourth-order valence-corrected chi connectivity index (χ4v) is 1.37. The average Bonchev–Trinajstić information content (AvgIpc) is 2.28. The van der Waals surface area contributed by atoms with E-state index in [1.807, 2.05) is 20.8 Å². The molecular formula is C13H24O3. The van der Waals surface area contributed by atoms with Gasteiger partial charge in [0.15, 0.2) is 0 Å². The van der Waals surface area contributed by atoms with Crippen LogP contribution < -0.4 is 0 Å². The standard InChI is InChI=1S/C13H24O3/c1-6-9-15-10-11(4)13(5,8-3)16-12(14)7-2/h7,11H,2,6,8-10H2,1,3-5H3. The highest BCUT2D eigenvalue weighted by Crippen LogP contribution is 2.26. The first-order valence-corrected chi connectivity index (χ1v) is 5.93. The van der Waals surface area contributed by atoms with E-state index in [-0.39, 0.29) is 11.9 Å². The molecule has 3 nitrogen and oxygen atoms in total. The van der Waals surface area contributed by atoms with Crippen molar-refractivity contribution >= 4 is 5.97 Å². The maximum absolute atomic E-state index is 11.2. The maximum atomic E-state index is 11.2. The van der Waals surface area contributed by atoms with Crippen LogP contribution in [-0.2, 0) is 14.3 Å². The van der Waals surface area contributed by atoms with Crippen molar-refractivity contribution in [1.29, 1.82) is 0 Å². The van der Waals surface area contributed by atoms with Gasteiger partial charge in [0.05, 0.1) is 6.61 Å². The average molecular weight is 228 g/mol. The first-order chi connectivity index (χ1) is 7.50. The molecule has 0 aliphatic rings. The van der Waals surface area contributed by atoms with Crippen LogP contribution in [0.2, 0.25) is 0 Å². The van der Waals surface area contributed by atoms with E-state index in [2.05, 4.69) is 13.5 Å². The third-order valence-electron chi connectivity index (χ3n) is 2.96. The highest BCUT2D eigenvalue weighted by Gasteiger charge is 2.32. The lowest BCUT2D eigenvalue weighted by molar-refractivity contribution is -0.160. The van der Waals surface area contributed by atoms with E-state index < -0.39 is 5.60 Å². The Morgan fingerprint density at radius 2 is 2.12 bits per heavy atom. The van der Waals surface area contributed by atoms with Crippen LogP contribution in [0.3, 0.4) is 0 Å². The van der Waals surface area contributed by atoms with Crippen molar-refractivity contribution in [3.8, 4) is 0 Å². The second kappa shape index (κ2) is 7.44. The summed E-state index contributed by atoms with van der Waals surface area (Å²) in [4.78, 5) is 11.2. The van der Waals surface area contributed by atoms with Gasteiger partial charge in [0, 0.05) is 18.6 Å². The lowest BCUT2D eigenvalue weighted by Gasteiger charge is -2.33. The molecule has 0 aliphatic carbocycles. The maximum Gasteiger partial charge on any atom is 0.330 e. The number of rotatable bonds is 8. The van der Waals surface area contributed by atoms with E-state index in [1.54, 1.807) is 0 Å². The summed E-state index contributed by atoms with van der Waals surface area (Å²) in [5.41, 5.74) is -0.473. The predicted octanol–water partition coefficient (Wildman–Crippen LogP) is 2.95. The van der Waals surface area contributed by atoms with Crippen LogP contribution in [0.4, 0.5) is 0 Å². The number of ether oxygens (including phenoxy) is 2. The molecule has 2 atom stereocenters. The van der Waals surface area contributed by atoms with Crippen molar-refractivity contribution in [1.82, 2.24) is 0 Å². The molecular weight excluding hydrogens is 204 g/mol. The summed E-state index contributed by atoms with van der Waals surface area (Å²) in [6.45, 7) is 12.8. The fraction of sp³-hybridized carbons (Fsp3) is 0.769. The van der Waals surface area contributed by atoms with Crippen molar-refractivity contribution < 1.29 is 14.3 Å². The van der Waals surface area contributed by atoms with Crippen LogP contribution in [0.15, 0.2) is 12.7 Å². The molecule has 0 spiro atoms. The molecule has 94 valence electrons. The van der Waals surface area contributed by atoms with Crippen LogP contribution in [0.25, 0.3) is 0 Å². The van der Waals surface area contributed by atoms with E-state index in [0.29, 0.717) is 6.61 Å². The molecule has 0 rings (SSSR count). The summed E-state index contributed by atoms with van der Waals surface area (Å²) in [5, 5.41) is 0. The van der Waals surface area contributed by atoms with Crippen molar-refractivity contribution in [2.45, 2.75) is 46.1 Å². The van der Waals surface area contributed by atoms with E-state index in [0.717, 1.165) is 19.4 Å². The van der Waals surface area contributed by atoms with Crippen LogP contribution in [0.1, 0.15) is 40.5 Å². The van der Waals surface area contributed by atoms with Crippen LogP contribution in [-0.4, -0.2) is 24.8 Å². The number of carbonyl (C=O) groups excluding carboxylic acids is 1. The summed E-state index contributed by atoms with van der Waals surface area (Å²) >= 11 is 0. The number of carbonyl (C=O) groups is 1. The monoisotopic (exact) mass is 228 g/mol. The molecule has 0 saturated carbocycles. The van der Waals surface area contributed by atoms with Crippen molar-refractivity contribution in [2.24, 2.45) is 5.92 Å². The molecule has 0 saturated heterocycles. The first kappa shape index (κ1) is 15.2. The highest BCUT2D eigenvalue weighted by atomic mass is 16.6. The summed E-state index contributed by atoms with van der Waals surface area (Å²) in [6, 6.07) is 0. The minimum Gasteiger partial charge on any atom is -0.456 e. The third-order valence-corrected chi connectivity index (χ3v) is 2.96. The Labute approximate surface area is 98.8 Å². The zero-order valence-electron chi connectivity index (χ0n) is 10.9. The van der Waals surface area contributed by atoms with Crippen LogP contribution >= 0.6 is 0 Å². The molecule has 0 N–H and O–H groups in total. The predicted molar refractivity (Wildman–Crippen MR) is 65.3 cm³/mol. The van der Waals surface area contributed by atoms with Gasteiger partial charge in [-0.05, 0) is 19.8 Å².